The van der Waals surface area contributed by atoms with E-state index in [0.717, 1.165) is 13.1 Å². The fraction of sp³-hybridized carbons (Fsp3) is 0.583. The second kappa shape index (κ2) is 5.75. The number of thiocarbonyl (C=S) groups is 1. The van der Waals surface area contributed by atoms with E-state index in [2.05, 4.69) is 22.4 Å². The van der Waals surface area contributed by atoms with Crippen LogP contribution in [-0.2, 0) is 6.54 Å². The van der Waals surface area contributed by atoms with Gasteiger partial charge in [-0.25, -0.2) is 0 Å². The molecule has 0 aliphatic heterocycles. The quantitative estimate of drug-likeness (QED) is 0.819. The van der Waals surface area contributed by atoms with Crippen LogP contribution in [0.4, 0.5) is 0 Å². The lowest BCUT2D eigenvalue weighted by Crippen LogP contribution is -2.38. The summed E-state index contributed by atoms with van der Waals surface area (Å²) in [6.45, 7) is 1.76. The highest BCUT2D eigenvalue weighted by Gasteiger charge is 2.23. The van der Waals surface area contributed by atoms with Gasteiger partial charge in [0.2, 0.25) is 0 Å². The number of hydrogen-bond acceptors (Lipinski definition) is 3. The van der Waals surface area contributed by atoms with E-state index in [-0.39, 0.29) is 0 Å². The standard InChI is InChI=1S/C12H18N2S2/c13-12(15)9-14(10-4-1-2-5-10)8-11-6-3-7-16-11/h3,6-7,10H,1-2,4-5,8-9H2,(H2,13,15). The summed E-state index contributed by atoms with van der Waals surface area (Å²) in [5.74, 6) is 0. The molecule has 0 aromatic carbocycles. The van der Waals surface area contributed by atoms with Gasteiger partial charge in [0.25, 0.3) is 0 Å². The van der Waals surface area contributed by atoms with Gasteiger partial charge >= 0.3 is 0 Å². The van der Waals surface area contributed by atoms with Gasteiger partial charge in [-0.1, -0.05) is 31.1 Å². The SMILES string of the molecule is NC(=S)CN(Cc1cccs1)C1CCCC1. The minimum Gasteiger partial charge on any atom is -0.392 e. The molecule has 2 rings (SSSR count). The smallest absolute Gasteiger partial charge is 0.0870 e. The Hall–Kier alpha value is -0.450. The van der Waals surface area contributed by atoms with Gasteiger partial charge in [0.15, 0.2) is 0 Å². The predicted octanol–water partition coefficient (Wildman–Crippen LogP) is 2.78. The summed E-state index contributed by atoms with van der Waals surface area (Å²) in [6.07, 6.45) is 5.30. The van der Waals surface area contributed by atoms with Gasteiger partial charge in [-0.3, -0.25) is 4.90 Å². The summed E-state index contributed by atoms with van der Waals surface area (Å²) in [6, 6.07) is 4.98. The van der Waals surface area contributed by atoms with Gasteiger partial charge in [0.05, 0.1) is 4.99 Å². The van der Waals surface area contributed by atoms with Crippen molar-refractivity contribution in [3.63, 3.8) is 0 Å². The van der Waals surface area contributed by atoms with Crippen LogP contribution in [0, 0.1) is 0 Å². The minimum atomic E-state index is 0.614. The van der Waals surface area contributed by atoms with E-state index in [1.165, 1.54) is 30.6 Å². The summed E-state index contributed by atoms with van der Waals surface area (Å²) in [7, 11) is 0. The van der Waals surface area contributed by atoms with Crippen molar-refractivity contribution in [2.75, 3.05) is 6.54 Å². The van der Waals surface area contributed by atoms with E-state index < -0.39 is 0 Å². The molecule has 1 aromatic heterocycles. The number of nitrogens with two attached hydrogens (primary N) is 1. The topological polar surface area (TPSA) is 29.3 Å². The Morgan fingerprint density at radius 1 is 1.50 bits per heavy atom. The van der Waals surface area contributed by atoms with Crippen molar-refractivity contribution >= 4 is 28.5 Å². The molecule has 88 valence electrons. The van der Waals surface area contributed by atoms with Crippen molar-refractivity contribution in [1.82, 2.24) is 4.90 Å². The molecular weight excluding hydrogens is 236 g/mol. The highest BCUT2D eigenvalue weighted by atomic mass is 32.1. The first kappa shape index (κ1) is 12.0. The average Bonchev–Trinajstić information content (AvgIpc) is 2.88. The molecule has 0 amide bonds. The molecule has 1 saturated carbocycles. The van der Waals surface area contributed by atoms with Crippen molar-refractivity contribution in [3.8, 4) is 0 Å². The van der Waals surface area contributed by atoms with Gasteiger partial charge in [-0.05, 0) is 24.3 Å². The Labute approximate surface area is 106 Å². The summed E-state index contributed by atoms with van der Waals surface area (Å²) in [5, 5.41) is 2.13. The van der Waals surface area contributed by atoms with Crippen molar-refractivity contribution in [1.29, 1.82) is 0 Å². The van der Waals surface area contributed by atoms with Crippen LogP contribution in [0.5, 0.6) is 0 Å². The van der Waals surface area contributed by atoms with Crippen molar-refractivity contribution in [2.45, 2.75) is 38.3 Å². The van der Waals surface area contributed by atoms with E-state index >= 15 is 0 Å². The van der Waals surface area contributed by atoms with Crippen LogP contribution in [-0.4, -0.2) is 22.5 Å². The Kier molecular flexibility index (Phi) is 4.32. The maximum atomic E-state index is 5.68. The van der Waals surface area contributed by atoms with Crippen LogP contribution >= 0.6 is 23.6 Å². The first-order valence-corrected chi connectivity index (χ1v) is 7.09. The molecule has 16 heavy (non-hydrogen) atoms. The molecule has 1 aliphatic rings. The van der Waals surface area contributed by atoms with Gasteiger partial charge in [0.1, 0.15) is 0 Å². The van der Waals surface area contributed by atoms with E-state index in [1.54, 1.807) is 0 Å². The molecule has 2 nitrogen and oxygen atoms in total. The Morgan fingerprint density at radius 3 is 2.81 bits per heavy atom. The van der Waals surface area contributed by atoms with E-state index in [9.17, 15) is 0 Å². The molecule has 0 unspecified atom stereocenters. The molecule has 0 radical (unpaired) electrons. The van der Waals surface area contributed by atoms with E-state index in [0.29, 0.717) is 11.0 Å². The van der Waals surface area contributed by atoms with Gasteiger partial charge in [-0.2, -0.15) is 0 Å². The predicted molar refractivity (Wildman–Crippen MR) is 73.8 cm³/mol. The summed E-state index contributed by atoms with van der Waals surface area (Å²) >= 11 is 6.85. The Bertz CT molecular complexity index is 329. The molecular formula is C12H18N2S2. The highest BCUT2D eigenvalue weighted by molar-refractivity contribution is 7.80. The lowest BCUT2D eigenvalue weighted by molar-refractivity contribution is 0.221. The zero-order chi connectivity index (χ0) is 11.4. The van der Waals surface area contributed by atoms with Crippen LogP contribution < -0.4 is 5.73 Å². The molecule has 0 bridgehead atoms. The molecule has 1 heterocycles. The molecule has 4 heteroatoms. The normalized spacial score (nSPS) is 17.1. The molecule has 1 fully saturated rings. The first-order valence-electron chi connectivity index (χ1n) is 5.80. The minimum absolute atomic E-state index is 0.614. The molecule has 1 aliphatic carbocycles. The summed E-state index contributed by atoms with van der Waals surface area (Å²) in [5.41, 5.74) is 5.68. The van der Waals surface area contributed by atoms with Gasteiger partial charge in [-0.15, -0.1) is 11.3 Å². The maximum absolute atomic E-state index is 5.68. The number of rotatable bonds is 5. The fourth-order valence-corrected chi connectivity index (χ4v) is 3.28. The second-order valence-electron chi connectivity index (χ2n) is 4.39. The van der Waals surface area contributed by atoms with Crippen LogP contribution in [0.1, 0.15) is 30.6 Å². The zero-order valence-electron chi connectivity index (χ0n) is 9.39. The molecule has 2 N–H and O–H groups in total. The third-order valence-electron chi connectivity index (χ3n) is 3.14. The van der Waals surface area contributed by atoms with E-state index in [4.69, 9.17) is 18.0 Å². The van der Waals surface area contributed by atoms with Crippen molar-refractivity contribution in [2.24, 2.45) is 5.73 Å². The van der Waals surface area contributed by atoms with Gasteiger partial charge < -0.3 is 5.73 Å². The number of nitrogens with zero attached hydrogens (tertiary/aromatic N) is 1. The van der Waals surface area contributed by atoms with Crippen LogP contribution in [0.25, 0.3) is 0 Å². The second-order valence-corrected chi connectivity index (χ2v) is 5.95. The van der Waals surface area contributed by atoms with E-state index in [1.807, 2.05) is 11.3 Å². The zero-order valence-corrected chi connectivity index (χ0v) is 11.0. The summed E-state index contributed by atoms with van der Waals surface area (Å²) in [4.78, 5) is 4.47. The third kappa shape index (κ3) is 3.27. The van der Waals surface area contributed by atoms with Crippen LogP contribution in [0.2, 0.25) is 0 Å². The summed E-state index contributed by atoms with van der Waals surface area (Å²) < 4.78 is 0. The lowest BCUT2D eigenvalue weighted by atomic mass is 10.2. The maximum Gasteiger partial charge on any atom is 0.0870 e. The monoisotopic (exact) mass is 254 g/mol. The van der Waals surface area contributed by atoms with Crippen molar-refractivity contribution in [3.05, 3.63) is 22.4 Å². The Balaban J connectivity index is 1.98. The molecule has 1 aromatic rings. The average molecular weight is 254 g/mol. The first-order chi connectivity index (χ1) is 7.75. The largest absolute Gasteiger partial charge is 0.392 e. The third-order valence-corrected chi connectivity index (χ3v) is 4.13. The lowest BCUT2D eigenvalue weighted by Gasteiger charge is -2.27. The Morgan fingerprint density at radius 2 is 2.25 bits per heavy atom. The molecule has 0 atom stereocenters. The molecule has 0 saturated heterocycles. The number of thiophene rings is 1. The number of hydrogen-bond donors (Lipinski definition) is 1. The van der Waals surface area contributed by atoms with Crippen LogP contribution in [0.15, 0.2) is 17.5 Å². The van der Waals surface area contributed by atoms with Crippen LogP contribution in [0.3, 0.4) is 0 Å². The molecule has 0 spiro atoms. The van der Waals surface area contributed by atoms with Gasteiger partial charge in [0, 0.05) is 24.0 Å². The van der Waals surface area contributed by atoms with Crippen molar-refractivity contribution < 1.29 is 0 Å². The highest BCUT2D eigenvalue weighted by Crippen LogP contribution is 2.25. The fourth-order valence-electron chi connectivity index (χ4n) is 2.39.